The third kappa shape index (κ3) is 5.31. The van der Waals surface area contributed by atoms with Crippen LogP contribution in [-0.2, 0) is 0 Å². The normalized spacial score (nSPS) is 11.7. The number of nitrogens with zero attached hydrogens (tertiary/aromatic N) is 5. The summed E-state index contributed by atoms with van der Waals surface area (Å²) >= 11 is 0. The van der Waals surface area contributed by atoms with Crippen molar-refractivity contribution in [3.63, 3.8) is 0 Å². The molecule has 12 aromatic rings. The molecule has 0 aliphatic carbocycles. The second kappa shape index (κ2) is 13.3. The van der Waals surface area contributed by atoms with Crippen LogP contribution in [0.3, 0.4) is 0 Å². The van der Waals surface area contributed by atoms with E-state index < -0.39 is 0 Å². The fourth-order valence-electron chi connectivity index (χ4n) is 8.73. The van der Waals surface area contributed by atoms with Gasteiger partial charge in [0, 0.05) is 49.5 Å². The molecule has 6 nitrogen and oxygen atoms in total. The van der Waals surface area contributed by atoms with Crippen molar-refractivity contribution in [2.24, 2.45) is 0 Å². The Morgan fingerprint density at radius 2 is 0.949 bits per heavy atom. The van der Waals surface area contributed by atoms with Gasteiger partial charge in [0.2, 0.25) is 5.89 Å². The monoisotopic (exact) mass is 755 g/mol. The van der Waals surface area contributed by atoms with Gasteiger partial charge in [-0.3, -0.25) is 0 Å². The highest BCUT2D eigenvalue weighted by atomic mass is 16.3. The number of hydrogen-bond donors (Lipinski definition) is 0. The zero-order valence-corrected chi connectivity index (χ0v) is 31.7. The van der Waals surface area contributed by atoms with E-state index in [9.17, 15) is 0 Å². The first-order chi connectivity index (χ1) is 29.3. The highest BCUT2D eigenvalue weighted by Gasteiger charge is 2.23. The van der Waals surface area contributed by atoms with Gasteiger partial charge in [-0.25, -0.2) is 15.0 Å². The quantitative estimate of drug-likeness (QED) is 0.170. The molecule has 0 saturated carbocycles. The topological polar surface area (TPSA) is 61.7 Å². The van der Waals surface area contributed by atoms with Crippen LogP contribution >= 0.6 is 0 Å². The van der Waals surface area contributed by atoms with Crippen molar-refractivity contribution in [3.8, 4) is 56.7 Å². The van der Waals surface area contributed by atoms with Crippen LogP contribution in [0.5, 0.6) is 0 Å². The first-order valence-electron chi connectivity index (χ1n) is 19.8. The van der Waals surface area contributed by atoms with Gasteiger partial charge in [-0.05, 0) is 60.7 Å². The zero-order valence-electron chi connectivity index (χ0n) is 31.7. The highest BCUT2D eigenvalue weighted by Crippen LogP contribution is 2.43. The Morgan fingerprint density at radius 1 is 0.390 bits per heavy atom. The summed E-state index contributed by atoms with van der Waals surface area (Å²) in [6.07, 6.45) is 0. The standard InChI is InChI=1S/C53H33N5O/c1-4-16-34(17-5-1)42-33-43(35-18-6-2-7-19-35)55-52(54-42)37-22-14-23-38(32-37)57-46-30-31-48-50(56-53(59-48)36-20-8-3-9-21-36)49(46)41-26-15-29-47(51(41)57)58-44-27-12-10-24-39(44)40-25-11-13-28-45(40)58/h1-33H. The molecule has 59 heavy (non-hydrogen) atoms. The summed E-state index contributed by atoms with van der Waals surface area (Å²) in [6, 6.07) is 69.6. The van der Waals surface area contributed by atoms with Gasteiger partial charge in [0.25, 0.3) is 0 Å². The molecular formula is C53H33N5O. The fraction of sp³-hybridized carbons (Fsp3) is 0. The van der Waals surface area contributed by atoms with E-state index in [0.717, 1.165) is 89.0 Å². The molecule has 0 N–H and O–H groups in total. The molecule has 0 unspecified atom stereocenters. The molecule has 8 aromatic carbocycles. The van der Waals surface area contributed by atoms with Crippen molar-refractivity contribution in [1.29, 1.82) is 0 Å². The summed E-state index contributed by atoms with van der Waals surface area (Å²) in [4.78, 5) is 15.6. The molecule has 12 rings (SSSR count). The first-order valence-corrected chi connectivity index (χ1v) is 19.8. The number of rotatable bonds is 6. The van der Waals surface area contributed by atoms with E-state index in [1.165, 1.54) is 10.8 Å². The molecule has 0 fully saturated rings. The number of aromatic nitrogens is 5. The lowest BCUT2D eigenvalue weighted by atomic mass is 10.1. The average molecular weight is 756 g/mol. The number of hydrogen-bond acceptors (Lipinski definition) is 4. The van der Waals surface area contributed by atoms with Crippen LogP contribution in [-0.4, -0.2) is 24.1 Å². The Bertz CT molecular complexity index is 3440. The van der Waals surface area contributed by atoms with E-state index in [4.69, 9.17) is 19.4 Å². The second-order valence-corrected chi connectivity index (χ2v) is 14.8. The maximum absolute atomic E-state index is 6.47. The smallest absolute Gasteiger partial charge is 0.227 e. The lowest BCUT2D eigenvalue weighted by Gasteiger charge is -2.15. The number of oxazole rings is 1. The van der Waals surface area contributed by atoms with Crippen molar-refractivity contribution < 1.29 is 4.42 Å². The molecule has 0 saturated heterocycles. The number of fused-ring (bicyclic) bond motifs is 8. The van der Waals surface area contributed by atoms with Gasteiger partial charge >= 0.3 is 0 Å². The van der Waals surface area contributed by atoms with E-state index >= 15 is 0 Å². The minimum Gasteiger partial charge on any atom is -0.436 e. The Kier molecular flexibility index (Phi) is 7.43. The number of para-hydroxylation sites is 3. The van der Waals surface area contributed by atoms with Crippen LogP contribution in [0.2, 0.25) is 0 Å². The molecule has 0 radical (unpaired) electrons. The van der Waals surface area contributed by atoms with Gasteiger partial charge in [-0.1, -0.05) is 140 Å². The molecule has 276 valence electrons. The summed E-state index contributed by atoms with van der Waals surface area (Å²) < 4.78 is 11.3. The average Bonchev–Trinajstić information content (AvgIpc) is 4.00. The van der Waals surface area contributed by atoms with E-state index in [1.807, 2.05) is 66.7 Å². The van der Waals surface area contributed by atoms with Gasteiger partial charge in [0.15, 0.2) is 11.4 Å². The number of benzene rings is 8. The molecule has 0 aliphatic rings. The van der Waals surface area contributed by atoms with Crippen molar-refractivity contribution in [2.45, 2.75) is 0 Å². The lowest BCUT2D eigenvalue weighted by Crippen LogP contribution is -2.01. The summed E-state index contributed by atoms with van der Waals surface area (Å²) in [5.41, 5.74) is 13.6. The van der Waals surface area contributed by atoms with Crippen LogP contribution in [0.1, 0.15) is 0 Å². The summed E-state index contributed by atoms with van der Waals surface area (Å²) in [7, 11) is 0. The molecule has 0 spiro atoms. The Balaban J connectivity index is 1.15. The molecule has 0 amide bonds. The Morgan fingerprint density at radius 3 is 1.61 bits per heavy atom. The molecule has 0 aliphatic heterocycles. The molecule has 4 heterocycles. The Labute approximate surface area is 338 Å². The third-order valence-corrected chi connectivity index (χ3v) is 11.4. The van der Waals surface area contributed by atoms with E-state index in [1.54, 1.807) is 0 Å². The fourth-order valence-corrected chi connectivity index (χ4v) is 8.73. The second-order valence-electron chi connectivity index (χ2n) is 14.8. The maximum Gasteiger partial charge on any atom is 0.227 e. The maximum atomic E-state index is 6.47. The summed E-state index contributed by atoms with van der Waals surface area (Å²) in [5.74, 6) is 1.25. The molecule has 6 heteroatoms. The van der Waals surface area contributed by atoms with Crippen molar-refractivity contribution in [1.82, 2.24) is 24.1 Å². The van der Waals surface area contributed by atoms with Gasteiger partial charge in [0.05, 0.1) is 39.1 Å². The van der Waals surface area contributed by atoms with Crippen LogP contribution in [0.15, 0.2) is 205 Å². The molecular weight excluding hydrogens is 723 g/mol. The lowest BCUT2D eigenvalue weighted by molar-refractivity contribution is 0.620. The summed E-state index contributed by atoms with van der Waals surface area (Å²) in [6.45, 7) is 0. The Hall–Kier alpha value is -8.09. The van der Waals surface area contributed by atoms with Gasteiger partial charge in [-0.2, -0.15) is 0 Å². The summed E-state index contributed by atoms with van der Waals surface area (Å²) in [5, 5.41) is 4.53. The highest BCUT2D eigenvalue weighted by molar-refractivity contribution is 6.22. The molecule has 4 aromatic heterocycles. The predicted octanol–water partition coefficient (Wildman–Crippen LogP) is 13.5. The van der Waals surface area contributed by atoms with Crippen LogP contribution in [0, 0.1) is 0 Å². The van der Waals surface area contributed by atoms with E-state index in [2.05, 4.69) is 143 Å². The van der Waals surface area contributed by atoms with Crippen LogP contribution in [0.25, 0.3) is 111 Å². The molecule has 0 bridgehead atoms. The van der Waals surface area contributed by atoms with Crippen molar-refractivity contribution in [3.05, 3.63) is 200 Å². The third-order valence-electron chi connectivity index (χ3n) is 11.4. The van der Waals surface area contributed by atoms with Crippen LogP contribution in [0.4, 0.5) is 0 Å². The van der Waals surface area contributed by atoms with Gasteiger partial charge < -0.3 is 13.6 Å². The minimum absolute atomic E-state index is 0.596. The van der Waals surface area contributed by atoms with Crippen molar-refractivity contribution >= 4 is 54.7 Å². The van der Waals surface area contributed by atoms with E-state index in [-0.39, 0.29) is 0 Å². The van der Waals surface area contributed by atoms with Gasteiger partial charge in [0.1, 0.15) is 5.52 Å². The van der Waals surface area contributed by atoms with Gasteiger partial charge in [-0.15, -0.1) is 0 Å². The first kappa shape index (κ1) is 33.1. The minimum atomic E-state index is 0.596. The van der Waals surface area contributed by atoms with Crippen molar-refractivity contribution in [2.75, 3.05) is 0 Å². The van der Waals surface area contributed by atoms with Crippen LogP contribution < -0.4 is 0 Å². The van der Waals surface area contributed by atoms with E-state index in [0.29, 0.717) is 11.7 Å². The largest absolute Gasteiger partial charge is 0.436 e. The SMILES string of the molecule is c1ccc(-c2cc(-c3ccccc3)nc(-c3cccc(-n4c5ccc6oc(-c7ccccc7)nc6c5c5cccc(-n6c7ccccc7c7ccccc76)c54)c3)n2)cc1. The zero-order chi connectivity index (χ0) is 38.9. The predicted molar refractivity (Wildman–Crippen MR) is 240 cm³/mol. The molecule has 0 atom stereocenters.